The van der Waals surface area contributed by atoms with Crippen molar-refractivity contribution < 1.29 is 5.11 Å². The second-order valence-corrected chi connectivity index (χ2v) is 7.22. The lowest BCUT2D eigenvalue weighted by molar-refractivity contribution is 0.0464. The number of nitrogens with one attached hydrogen (secondary N) is 1. The lowest BCUT2D eigenvalue weighted by atomic mass is 9.82. The molecule has 0 aromatic carbocycles. The Balaban J connectivity index is 2.28. The molecule has 0 spiro atoms. The Bertz CT molecular complexity index is 504. The summed E-state index contributed by atoms with van der Waals surface area (Å²) in [5, 5.41) is 12.6. The first-order chi connectivity index (χ1) is 9.72. The molecule has 1 aliphatic rings. The fourth-order valence-electron chi connectivity index (χ4n) is 2.78. The summed E-state index contributed by atoms with van der Waals surface area (Å²) < 4.78 is 0. The van der Waals surface area contributed by atoms with Gasteiger partial charge in [-0.3, -0.25) is 0 Å². The molecular formula is C16H28N4O. The minimum absolute atomic E-state index is 0.0818. The Morgan fingerprint density at radius 1 is 1.29 bits per heavy atom. The van der Waals surface area contributed by atoms with E-state index in [1.54, 1.807) is 0 Å². The summed E-state index contributed by atoms with van der Waals surface area (Å²) in [6, 6.07) is 0. The van der Waals surface area contributed by atoms with Gasteiger partial charge in [0.2, 0.25) is 0 Å². The molecule has 0 unspecified atom stereocenters. The van der Waals surface area contributed by atoms with Crippen molar-refractivity contribution in [2.45, 2.75) is 52.1 Å². The van der Waals surface area contributed by atoms with Gasteiger partial charge in [-0.1, -0.05) is 20.8 Å². The lowest BCUT2D eigenvalue weighted by Gasteiger charge is -2.35. The molecule has 5 heteroatoms. The molecule has 0 saturated heterocycles. The molecule has 2 rings (SSSR count). The van der Waals surface area contributed by atoms with Gasteiger partial charge in [-0.05, 0) is 25.7 Å². The van der Waals surface area contributed by atoms with E-state index in [-0.39, 0.29) is 11.5 Å². The Labute approximate surface area is 127 Å². The second-order valence-electron chi connectivity index (χ2n) is 7.22. The van der Waals surface area contributed by atoms with Crippen molar-refractivity contribution in [2.75, 3.05) is 30.9 Å². The van der Waals surface area contributed by atoms with E-state index in [9.17, 15) is 5.11 Å². The molecule has 1 fully saturated rings. The zero-order chi connectivity index (χ0) is 15.8. The van der Waals surface area contributed by atoms with Crippen molar-refractivity contribution >= 4 is 11.6 Å². The number of hydrogen-bond acceptors (Lipinski definition) is 5. The lowest BCUT2D eigenvalue weighted by Crippen LogP contribution is -2.38. The molecule has 5 nitrogen and oxygen atoms in total. The molecule has 0 bridgehead atoms. The molecule has 1 aliphatic carbocycles. The van der Waals surface area contributed by atoms with Gasteiger partial charge in [-0.25, -0.2) is 9.97 Å². The Hall–Kier alpha value is -1.36. The van der Waals surface area contributed by atoms with Crippen LogP contribution in [0.5, 0.6) is 0 Å². The van der Waals surface area contributed by atoms with Crippen LogP contribution in [0.2, 0.25) is 0 Å². The molecule has 1 aromatic rings. The third-order valence-electron chi connectivity index (χ3n) is 4.13. The normalized spacial score (nSPS) is 21.9. The first kappa shape index (κ1) is 16.0. The molecule has 1 aromatic heterocycles. The summed E-state index contributed by atoms with van der Waals surface area (Å²) in [6.07, 6.45) is 1.70. The van der Waals surface area contributed by atoms with Gasteiger partial charge < -0.3 is 15.3 Å². The van der Waals surface area contributed by atoms with Crippen LogP contribution in [0.15, 0.2) is 0 Å². The molecule has 1 saturated carbocycles. The minimum Gasteiger partial charge on any atom is -0.393 e. The van der Waals surface area contributed by atoms with Crippen LogP contribution in [0.4, 0.5) is 11.6 Å². The second kappa shape index (κ2) is 5.79. The summed E-state index contributed by atoms with van der Waals surface area (Å²) in [5.41, 5.74) is 0.995. The van der Waals surface area contributed by atoms with E-state index >= 15 is 0 Å². The van der Waals surface area contributed by atoms with Crippen molar-refractivity contribution in [3.8, 4) is 0 Å². The number of rotatable bonds is 4. The van der Waals surface area contributed by atoms with Gasteiger partial charge in [0.15, 0.2) is 0 Å². The molecule has 1 heterocycles. The average Bonchev–Trinajstić information content (AvgIpc) is 2.35. The van der Waals surface area contributed by atoms with E-state index in [4.69, 9.17) is 4.98 Å². The molecule has 0 radical (unpaired) electrons. The zero-order valence-electron chi connectivity index (χ0n) is 14.1. The highest BCUT2D eigenvalue weighted by atomic mass is 16.3. The number of nitrogens with zero attached hydrogens (tertiary/aromatic N) is 3. The van der Waals surface area contributed by atoms with E-state index in [2.05, 4.69) is 49.9 Å². The highest BCUT2D eigenvalue weighted by Crippen LogP contribution is 2.32. The minimum atomic E-state index is -0.104. The van der Waals surface area contributed by atoms with E-state index in [0.29, 0.717) is 5.92 Å². The van der Waals surface area contributed by atoms with Crippen molar-refractivity contribution in [1.82, 2.24) is 9.97 Å². The first-order valence-electron chi connectivity index (χ1n) is 7.68. The summed E-state index contributed by atoms with van der Waals surface area (Å²) in [7, 11) is 3.97. The van der Waals surface area contributed by atoms with Crippen LogP contribution < -0.4 is 10.2 Å². The molecule has 118 valence electrons. The molecule has 0 atom stereocenters. The van der Waals surface area contributed by atoms with Crippen LogP contribution in [0.1, 0.15) is 45.0 Å². The standard InChI is InChI=1S/C16H28N4O/c1-10-13(17-5)18-15(16(2,3)4)19-14(10)20(6)9-11-7-12(21)8-11/h11-12,21H,7-9H2,1-6H3,(H,17,18,19). The highest BCUT2D eigenvalue weighted by molar-refractivity contribution is 5.58. The summed E-state index contributed by atoms with van der Waals surface area (Å²) in [5.74, 6) is 3.30. The van der Waals surface area contributed by atoms with Gasteiger partial charge in [0.25, 0.3) is 0 Å². The van der Waals surface area contributed by atoms with Crippen LogP contribution in [-0.4, -0.2) is 41.8 Å². The number of aliphatic hydroxyl groups is 1. The highest BCUT2D eigenvalue weighted by Gasteiger charge is 2.29. The molecular weight excluding hydrogens is 264 g/mol. The Morgan fingerprint density at radius 3 is 2.38 bits per heavy atom. The van der Waals surface area contributed by atoms with Crippen molar-refractivity contribution in [3.63, 3.8) is 0 Å². The predicted molar refractivity (Wildman–Crippen MR) is 87.0 cm³/mol. The third-order valence-corrected chi connectivity index (χ3v) is 4.13. The number of aliphatic hydroxyl groups excluding tert-OH is 1. The molecule has 0 aliphatic heterocycles. The monoisotopic (exact) mass is 292 g/mol. The molecule has 21 heavy (non-hydrogen) atoms. The van der Waals surface area contributed by atoms with Crippen LogP contribution in [-0.2, 0) is 5.41 Å². The number of aromatic nitrogens is 2. The van der Waals surface area contributed by atoms with Gasteiger partial charge in [0, 0.05) is 31.6 Å². The van der Waals surface area contributed by atoms with E-state index in [1.165, 1.54) is 0 Å². The van der Waals surface area contributed by atoms with Crippen molar-refractivity contribution in [1.29, 1.82) is 0 Å². The zero-order valence-corrected chi connectivity index (χ0v) is 14.1. The SMILES string of the molecule is CNc1nc(C(C)(C)C)nc(N(C)CC2CC(O)C2)c1C. The molecule has 0 amide bonds. The molecule has 2 N–H and O–H groups in total. The van der Waals surface area contributed by atoms with Crippen LogP contribution >= 0.6 is 0 Å². The van der Waals surface area contributed by atoms with Gasteiger partial charge in [0.1, 0.15) is 17.5 Å². The maximum absolute atomic E-state index is 9.44. The smallest absolute Gasteiger partial charge is 0.138 e. The summed E-state index contributed by atoms with van der Waals surface area (Å²) in [6.45, 7) is 9.37. The van der Waals surface area contributed by atoms with Gasteiger partial charge in [-0.15, -0.1) is 0 Å². The Kier molecular flexibility index (Phi) is 4.42. The largest absolute Gasteiger partial charge is 0.393 e. The van der Waals surface area contributed by atoms with Crippen molar-refractivity contribution in [2.24, 2.45) is 5.92 Å². The van der Waals surface area contributed by atoms with Gasteiger partial charge in [0.05, 0.1) is 6.10 Å². The topological polar surface area (TPSA) is 61.3 Å². The predicted octanol–water partition coefficient (Wildman–Crippen LogP) is 2.33. The fraction of sp³-hybridized carbons (Fsp3) is 0.750. The van der Waals surface area contributed by atoms with Crippen LogP contribution in [0, 0.1) is 12.8 Å². The van der Waals surface area contributed by atoms with E-state index < -0.39 is 0 Å². The van der Waals surface area contributed by atoms with E-state index in [1.807, 2.05) is 7.05 Å². The van der Waals surface area contributed by atoms with E-state index in [0.717, 1.165) is 42.4 Å². The first-order valence-corrected chi connectivity index (χ1v) is 7.68. The Morgan fingerprint density at radius 2 is 1.90 bits per heavy atom. The maximum atomic E-state index is 9.44. The van der Waals surface area contributed by atoms with Crippen LogP contribution in [0.25, 0.3) is 0 Å². The van der Waals surface area contributed by atoms with Crippen molar-refractivity contribution in [3.05, 3.63) is 11.4 Å². The van der Waals surface area contributed by atoms with Gasteiger partial charge >= 0.3 is 0 Å². The number of hydrogen-bond donors (Lipinski definition) is 2. The van der Waals surface area contributed by atoms with Crippen LogP contribution in [0.3, 0.4) is 0 Å². The summed E-state index contributed by atoms with van der Waals surface area (Å²) >= 11 is 0. The maximum Gasteiger partial charge on any atom is 0.138 e. The average molecular weight is 292 g/mol. The number of anilines is 2. The quantitative estimate of drug-likeness (QED) is 0.892. The summed E-state index contributed by atoms with van der Waals surface area (Å²) in [4.78, 5) is 11.6. The fourth-order valence-corrected chi connectivity index (χ4v) is 2.78. The van der Waals surface area contributed by atoms with Gasteiger partial charge in [-0.2, -0.15) is 0 Å². The third kappa shape index (κ3) is 3.46.